The molecule has 2 N–H and O–H groups in total. The second kappa shape index (κ2) is 9.15. The Morgan fingerprint density at radius 3 is 2.80 bits per heavy atom. The van der Waals surface area contributed by atoms with E-state index in [-0.39, 0.29) is 11.2 Å². The summed E-state index contributed by atoms with van der Waals surface area (Å²) in [6.45, 7) is 8.03. The quantitative estimate of drug-likeness (QED) is 0.534. The predicted molar refractivity (Wildman–Crippen MR) is 83.4 cm³/mol. The minimum atomic E-state index is -0.173. The van der Waals surface area contributed by atoms with Gasteiger partial charge >= 0.3 is 0 Å². The average Bonchev–Trinajstić information content (AvgIpc) is 2.83. The highest BCUT2D eigenvalue weighted by atomic mass is 32.2. The molecule has 0 aliphatic heterocycles. The van der Waals surface area contributed by atoms with Crippen LogP contribution < -0.4 is 10.6 Å². The molecule has 1 rings (SSSR count). The molecular formula is C12H22N4O2S2. The lowest BCUT2D eigenvalue weighted by atomic mass is 10.2. The number of rotatable bonds is 9. The number of nitrogens with one attached hydrogen (secondary N) is 2. The molecule has 1 atom stereocenters. The van der Waals surface area contributed by atoms with Gasteiger partial charge in [0.1, 0.15) is 0 Å². The lowest BCUT2D eigenvalue weighted by Gasteiger charge is -2.11. The van der Waals surface area contributed by atoms with Crippen LogP contribution in [0.3, 0.4) is 0 Å². The Hall–Kier alpha value is -0.860. The van der Waals surface area contributed by atoms with Crippen LogP contribution in [-0.4, -0.2) is 48.2 Å². The van der Waals surface area contributed by atoms with Gasteiger partial charge in [-0.25, -0.2) is 0 Å². The molecule has 1 unspecified atom stereocenters. The van der Waals surface area contributed by atoms with Crippen molar-refractivity contribution in [1.82, 2.24) is 15.5 Å². The third kappa shape index (κ3) is 6.53. The zero-order valence-electron chi connectivity index (χ0n) is 12.3. The van der Waals surface area contributed by atoms with Gasteiger partial charge in [-0.2, -0.15) is 0 Å². The number of methoxy groups -OCH3 is 1. The van der Waals surface area contributed by atoms with Crippen LogP contribution in [0.15, 0.2) is 4.34 Å². The van der Waals surface area contributed by atoms with Gasteiger partial charge in [0, 0.05) is 20.2 Å². The minimum absolute atomic E-state index is 0.0350. The first kappa shape index (κ1) is 17.2. The monoisotopic (exact) mass is 318 g/mol. The van der Waals surface area contributed by atoms with Gasteiger partial charge < -0.3 is 15.4 Å². The van der Waals surface area contributed by atoms with Crippen LogP contribution in [0.25, 0.3) is 0 Å². The summed E-state index contributed by atoms with van der Waals surface area (Å²) in [4.78, 5) is 11.9. The van der Waals surface area contributed by atoms with Crippen molar-refractivity contribution in [1.29, 1.82) is 0 Å². The topological polar surface area (TPSA) is 76.1 Å². The fourth-order valence-electron chi connectivity index (χ4n) is 1.24. The molecule has 0 bridgehead atoms. The van der Waals surface area contributed by atoms with Crippen LogP contribution in [0.1, 0.15) is 20.8 Å². The molecule has 0 aromatic carbocycles. The fraction of sp³-hybridized carbons (Fsp3) is 0.750. The Morgan fingerprint density at radius 2 is 2.15 bits per heavy atom. The average molecular weight is 318 g/mol. The Balaban J connectivity index is 2.37. The lowest BCUT2D eigenvalue weighted by molar-refractivity contribution is -0.120. The SMILES string of the molecule is COCCNc1nnc(SC(C)C(=O)NCC(C)C)s1. The van der Waals surface area contributed by atoms with Crippen molar-refractivity contribution in [2.75, 3.05) is 32.1 Å². The number of aromatic nitrogens is 2. The van der Waals surface area contributed by atoms with E-state index in [1.54, 1.807) is 7.11 Å². The van der Waals surface area contributed by atoms with Crippen molar-refractivity contribution < 1.29 is 9.53 Å². The molecule has 0 aliphatic carbocycles. The van der Waals surface area contributed by atoms with Crippen molar-refractivity contribution in [2.45, 2.75) is 30.4 Å². The van der Waals surface area contributed by atoms with E-state index in [4.69, 9.17) is 4.74 Å². The smallest absolute Gasteiger partial charge is 0.233 e. The summed E-state index contributed by atoms with van der Waals surface area (Å²) >= 11 is 2.87. The Bertz CT molecular complexity index is 412. The molecule has 0 aliphatic rings. The van der Waals surface area contributed by atoms with Gasteiger partial charge in [0.05, 0.1) is 11.9 Å². The number of nitrogens with zero attached hydrogens (tertiary/aromatic N) is 2. The van der Waals surface area contributed by atoms with Crippen LogP contribution in [0.4, 0.5) is 5.13 Å². The molecule has 0 saturated heterocycles. The zero-order valence-corrected chi connectivity index (χ0v) is 13.9. The standard InChI is InChI=1S/C12H22N4O2S2/c1-8(2)7-14-10(17)9(3)19-12-16-15-11(20-12)13-5-6-18-4/h8-9H,5-7H2,1-4H3,(H,13,15)(H,14,17). The molecule has 8 heteroatoms. The molecule has 1 aromatic rings. The van der Waals surface area contributed by atoms with E-state index in [9.17, 15) is 4.79 Å². The van der Waals surface area contributed by atoms with Crippen LogP contribution in [0.5, 0.6) is 0 Å². The first-order valence-electron chi connectivity index (χ1n) is 6.53. The maximum Gasteiger partial charge on any atom is 0.233 e. The van der Waals surface area contributed by atoms with Crippen molar-refractivity contribution in [3.8, 4) is 0 Å². The minimum Gasteiger partial charge on any atom is -0.383 e. The predicted octanol–water partition coefficient (Wildman–Crippen LogP) is 1.85. The van der Waals surface area contributed by atoms with Crippen LogP contribution in [0, 0.1) is 5.92 Å². The summed E-state index contributed by atoms with van der Waals surface area (Å²) in [6, 6.07) is 0. The zero-order chi connectivity index (χ0) is 15.0. The van der Waals surface area contributed by atoms with E-state index in [0.717, 1.165) is 9.47 Å². The van der Waals surface area contributed by atoms with E-state index in [1.165, 1.54) is 23.1 Å². The highest BCUT2D eigenvalue weighted by Gasteiger charge is 2.17. The van der Waals surface area contributed by atoms with Gasteiger partial charge in [0.2, 0.25) is 11.0 Å². The van der Waals surface area contributed by atoms with E-state index in [2.05, 4.69) is 34.7 Å². The number of hydrogen-bond donors (Lipinski definition) is 2. The molecule has 1 amide bonds. The van der Waals surface area contributed by atoms with Crippen molar-refractivity contribution in [2.24, 2.45) is 5.92 Å². The number of thioether (sulfide) groups is 1. The Morgan fingerprint density at radius 1 is 1.40 bits per heavy atom. The van der Waals surface area contributed by atoms with Crippen LogP contribution >= 0.6 is 23.1 Å². The van der Waals surface area contributed by atoms with Gasteiger partial charge in [0.15, 0.2) is 4.34 Å². The maximum absolute atomic E-state index is 11.9. The first-order chi connectivity index (χ1) is 9.52. The van der Waals surface area contributed by atoms with Crippen LogP contribution in [-0.2, 0) is 9.53 Å². The highest BCUT2D eigenvalue weighted by Crippen LogP contribution is 2.28. The van der Waals surface area contributed by atoms with E-state index >= 15 is 0 Å². The summed E-state index contributed by atoms with van der Waals surface area (Å²) in [5.74, 6) is 0.488. The summed E-state index contributed by atoms with van der Waals surface area (Å²) < 4.78 is 5.74. The number of ether oxygens (including phenoxy) is 1. The molecule has 0 radical (unpaired) electrons. The number of carbonyl (C=O) groups is 1. The van der Waals surface area contributed by atoms with E-state index in [0.29, 0.717) is 25.6 Å². The summed E-state index contributed by atoms with van der Waals surface area (Å²) in [6.07, 6.45) is 0. The summed E-state index contributed by atoms with van der Waals surface area (Å²) in [7, 11) is 1.65. The largest absolute Gasteiger partial charge is 0.383 e. The fourth-order valence-corrected chi connectivity index (χ4v) is 3.19. The molecule has 20 heavy (non-hydrogen) atoms. The molecule has 0 fully saturated rings. The third-order valence-electron chi connectivity index (χ3n) is 2.32. The van der Waals surface area contributed by atoms with Gasteiger partial charge in [-0.3, -0.25) is 4.79 Å². The lowest BCUT2D eigenvalue weighted by Crippen LogP contribution is -2.33. The van der Waals surface area contributed by atoms with Crippen molar-refractivity contribution in [3.05, 3.63) is 0 Å². The number of hydrogen-bond acceptors (Lipinski definition) is 7. The van der Waals surface area contributed by atoms with Crippen molar-refractivity contribution >= 4 is 34.1 Å². The van der Waals surface area contributed by atoms with Crippen LogP contribution in [0.2, 0.25) is 0 Å². The number of carbonyl (C=O) groups excluding carboxylic acids is 1. The van der Waals surface area contributed by atoms with E-state index in [1.807, 2.05) is 6.92 Å². The van der Waals surface area contributed by atoms with Gasteiger partial charge in [-0.15, -0.1) is 10.2 Å². The van der Waals surface area contributed by atoms with Gasteiger partial charge in [-0.1, -0.05) is 36.9 Å². The molecule has 0 spiro atoms. The molecule has 114 valence electrons. The molecule has 6 nitrogen and oxygen atoms in total. The molecule has 1 heterocycles. The molecular weight excluding hydrogens is 296 g/mol. The summed E-state index contributed by atoms with van der Waals surface area (Å²) in [5.41, 5.74) is 0. The van der Waals surface area contributed by atoms with Crippen molar-refractivity contribution in [3.63, 3.8) is 0 Å². The van der Waals surface area contributed by atoms with Gasteiger partial charge in [0.25, 0.3) is 0 Å². The molecule has 1 aromatic heterocycles. The second-order valence-electron chi connectivity index (χ2n) is 4.69. The summed E-state index contributed by atoms with van der Waals surface area (Å²) in [5, 5.41) is 14.7. The first-order valence-corrected chi connectivity index (χ1v) is 8.23. The highest BCUT2D eigenvalue weighted by molar-refractivity contribution is 8.02. The Kier molecular flexibility index (Phi) is 7.86. The van der Waals surface area contributed by atoms with E-state index < -0.39 is 0 Å². The number of anilines is 1. The maximum atomic E-state index is 11.9. The molecule has 0 saturated carbocycles. The number of amides is 1. The normalized spacial score (nSPS) is 12.4. The second-order valence-corrected chi connectivity index (χ2v) is 7.26. The Labute approximate surface area is 128 Å². The third-order valence-corrected chi connectivity index (χ3v) is 4.39. The van der Waals surface area contributed by atoms with Gasteiger partial charge in [-0.05, 0) is 12.8 Å².